The highest BCUT2D eigenvalue weighted by molar-refractivity contribution is 6.74. The Morgan fingerprint density at radius 2 is 1.94 bits per heavy atom. The van der Waals surface area contributed by atoms with Gasteiger partial charge in [0.25, 0.3) is 0 Å². The maximum Gasteiger partial charge on any atom is 0.192 e. The molecule has 4 aliphatic rings. The van der Waals surface area contributed by atoms with Crippen molar-refractivity contribution in [1.82, 2.24) is 0 Å². The van der Waals surface area contributed by atoms with Crippen molar-refractivity contribution in [3.8, 4) is 0 Å². The van der Waals surface area contributed by atoms with Gasteiger partial charge in [0.15, 0.2) is 19.8 Å². The number of Topliss-reactive ketones (excluding diaryl/α,β-unsaturated/α-hetero) is 1. The fraction of sp³-hybridized carbons (Fsp3) is 0.786. The van der Waals surface area contributed by atoms with Crippen LogP contribution in [0.4, 0.5) is 4.39 Å². The Morgan fingerprint density at radius 3 is 2.53 bits per heavy atom. The molecule has 3 saturated carbocycles. The lowest BCUT2D eigenvalue weighted by Crippen LogP contribution is -2.69. The molecule has 8 heteroatoms. The molecular weight excluding hydrogens is 475 g/mol. The Labute approximate surface area is 216 Å². The van der Waals surface area contributed by atoms with Crippen molar-refractivity contribution in [1.29, 1.82) is 0 Å². The van der Waals surface area contributed by atoms with Crippen molar-refractivity contribution in [3.63, 3.8) is 0 Å². The average Bonchev–Trinajstić information content (AvgIpc) is 2.98. The third-order valence-corrected chi connectivity index (χ3v) is 15.7. The number of rotatable bonds is 4. The summed E-state index contributed by atoms with van der Waals surface area (Å²) in [5.41, 5.74) is -4.05. The minimum atomic E-state index is -2.21. The second-order valence-electron chi connectivity index (χ2n) is 13.8. The van der Waals surface area contributed by atoms with E-state index in [9.17, 15) is 15.0 Å². The van der Waals surface area contributed by atoms with Gasteiger partial charge in [-0.05, 0) is 74.7 Å². The number of ketones is 1. The molecule has 6 nitrogen and oxygen atoms in total. The summed E-state index contributed by atoms with van der Waals surface area (Å²) < 4.78 is 23.6. The lowest BCUT2D eigenvalue weighted by molar-refractivity contribution is -0.219. The summed E-state index contributed by atoms with van der Waals surface area (Å²) in [6.45, 7) is 16.0. The summed E-state index contributed by atoms with van der Waals surface area (Å²) in [7, 11) is -2.21. The summed E-state index contributed by atoms with van der Waals surface area (Å²) in [6.07, 6.45) is 5.79. The van der Waals surface area contributed by atoms with Crippen LogP contribution in [0, 0.1) is 28.6 Å². The number of carbonyl (C=O) groups excluding carboxylic acids is 1. The molecule has 0 amide bonds. The molecule has 0 radical (unpaired) electrons. The second-order valence-corrected chi connectivity index (χ2v) is 18.6. The highest BCUT2D eigenvalue weighted by atomic mass is 28.4. The van der Waals surface area contributed by atoms with Gasteiger partial charge in [-0.2, -0.15) is 5.10 Å². The van der Waals surface area contributed by atoms with E-state index in [4.69, 9.17) is 10.3 Å². The zero-order chi connectivity index (χ0) is 27.1. The number of hydrazone groups is 1. The van der Waals surface area contributed by atoms with E-state index >= 15 is 4.39 Å². The monoisotopic (exact) mass is 520 g/mol. The van der Waals surface area contributed by atoms with Crippen molar-refractivity contribution < 1.29 is 23.8 Å². The van der Waals surface area contributed by atoms with Gasteiger partial charge in [-0.25, -0.2) is 4.39 Å². The molecule has 3 fully saturated rings. The Hall–Kier alpha value is -1.35. The quantitative estimate of drug-likeness (QED) is 0.284. The lowest BCUT2D eigenvalue weighted by Gasteiger charge is -2.62. The van der Waals surface area contributed by atoms with Crippen LogP contribution in [0.5, 0.6) is 0 Å². The van der Waals surface area contributed by atoms with Crippen LogP contribution in [0.3, 0.4) is 0 Å². The van der Waals surface area contributed by atoms with Crippen molar-refractivity contribution in [2.75, 3.05) is 6.61 Å². The van der Waals surface area contributed by atoms with Crippen molar-refractivity contribution in [3.05, 3.63) is 23.8 Å². The van der Waals surface area contributed by atoms with Gasteiger partial charge >= 0.3 is 0 Å². The lowest BCUT2D eigenvalue weighted by atomic mass is 9.44. The molecule has 36 heavy (non-hydrogen) atoms. The van der Waals surface area contributed by atoms with Gasteiger partial charge in [-0.1, -0.05) is 46.3 Å². The van der Waals surface area contributed by atoms with E-state index in [0.717, 1.165) is 5.57 Å². The van der Waals surface area contributed by atoms with Crippen LogP contribution < -0.4 is 5.84 Å². The number of fused-ring (bicyclic) bond motifs is 5. The Morgan fingerprint density at radius 1 is 1.31 bits per heavy atom. The molecule has 0 spiro atoms. The number of aliphatic hydroxyl groups is 2. The number of aliphatic hydroxyl groups excluding tert-OH is 1. The summed E-state index contributed by atoms with van der Waals surface area (Å²) >= 11 is 0. The Bertz CT molecular complexity index is 1040. The number of halogens is 1. The van der Waals surface area contributed by atoms with Gasteiger partial charge < -0.3 is 20.5 Å². The fourth-order valence-electron chi connectivity index (χ4n) is 7.80. The smallest absolute Gasteiger partial charge is 0.192 e. The van der Waals surface area contributed by atoms with E-state index in [1.54, 1.807) is 12.2 Å². The molecule has 4 aliphatic carbocycles. The predicted octanol–water partition coefficient (Wildman–Crippen LogP) is 4.67. The summed E-state index contributed by atoms with van der Waals surface area (Å²) in [6, 6.07) is 0. The van der Waals surface area contributed by atoms with Crippen molar-refractivity contribution in [2.24, 2.45) is 39.5 Å². The second kappa shape index (κ2) is 8.32. The van der Waals surface area contributed by atoms with Crippen LogP contribution in [-0.4, -0.2) is 54.0 Å². The SMILES string of the molecule is C[C@@H]1C[C@H]2[C@@H]3CCC4=C/C(=N/N)C=C[C@]4(C)[C@@]3(F)[C@@H](O)C[C@]2(C)[C@@]1(O)C(=O)CO[Si](C)(C)C(C)(C)C. The minimum absolute atomic E-state index is 0.0197. The highest BCUT2D eigenvalue weighted by Gasteiger charge is 2.75. The van der Waals surface area contributed by atoms with E-state index < -0.39 is 42.4 Å². The first-order valence-electron chi connectivity index (χ1n) is 13.3. The van der Waals surface area contributed by atoms with Crippen LogP contribution in [-0.2, 0) is 9.22 Å². The van der Waals surface area contributed by atoms with E-state index in [-0.39, 0.29) is 35.7 Å². The van der Waals surface area contributed by atoms with Crippen molar-refractivity contribution >= 4 is 19.8 Å². The first-order chi connectivity index (χ1) is 16.4. The average molecular weight is 521 g/mol. The van der Waals surface area contributed by atoms with Gasteiger partial charge in [0.1, 0.15) is 5.60 Å². The van der Waals surface area contributed by atoms with E-state index in [0.29, 0.717) is 25.0 Å². The van der Waals surface area contributed by atoms with Gasteiger partial charge in [0.2, 0.25) is 0 Å². The first-order valence-corrected chi connectivity index (χ1v) is 16.3. The highest BCUT2D eigenvalue weighted by Crippen LogP contribution is 2.70. The summed E-state index contributed by atoms with van der Waals surface area (Å²) in [5.74, 6) is 4.05. The molecule has 0 aliphatic heterocycles. The fourth-order valence-corrected chi connectivity index (χ4v) is 8.73. The largest absolute Gasteiger partial charge is 0.409 e. The Balaban J connectivity index is 1.69. The number of allylic oxidation sites excluding steroid dienone is 4. The standard InChI is InChI=1S/C28H45FN2O4Si/c1-17-13-21-20-10-9-18-14-19(31-30)11-12-25(18,5)27(20,29)22(32)15-26(21,6)28(17,34)23(33)16-35-36(7,8)24(2,3)4/h11-12,14,17,20-22,32,34H,9-10,13,15-16,30H2,1-8H3/b31-19+/t17-,20+,21+,22+,25+,26+,27+,28+/m1/s1. The molecule has 0 aromatic carbocycles. The van der Waals surface area contributed by atoms with E-state index in [1.807, 2.05) is 26.8 Å². The third kappa shape index (κ3) is 3.43. The van der Waals surface area contributed by atoms with Crippen LogP contribution in [0.2, 0.25) is 18.1 Å². The maximum atomic E-state index is 17.4. The number of hydrogen-bond donors (Lipinski definition) is 3. The van der Waals surface area contributed by atoms with Crippen molar-refractivity contribution in [2.45, 2.75) is 103 Å². The van der Waals surface area contributed by atoms with Crippen LogP contribution in [0.25, 0.3) is 0 Å². The first kappa shape index (κ1) is 27.7. The molecule has 0 bridgehead atoms. The molecular formula is C28H45FN2O4Si. The molecule has 4 rings (SSSR count). The zero-order valence-electron chi connectivity index (χ0n) is 23.2. The Kier molecular flexibility index (Phi) is 6.40. The van der Waals surface area contributed by atoms with Gasteiger partial charge in [0, 0.05) is 16.7 Å². The molecule has 0 aromatic rings. The van der Waals surface area contributed by atoms with E-state index in [2.05, 4.69) is 39.0 Å². The molecule has 202 valence electrons. The third-order valence-electron chi connectivity index (χ3n) is 11.2. The molecule has 8 atom stereocenters. The molecule has 0 saturated heterocycles. The number of nitrogens with two attached hydrogens (primary N) is 1. The number of carbonyl (C=O) groups is 1. The van der Waals surface area contributed by atoms with E-state index in [1.165, 1.54) is 0 Å². The zero-order valence-corrected chi connectivity index (χ0v) is 24.2. The number of alkyl halides is 1. The van der Waals surface area contributed by atoms with Gasteiger partial charge in [0.05, 0.1) is 18.4 Å². The number of hydrogen-bond acceptors (Lipinski definition) is 6. The minimum Gasteiger partial charge on any atom is -0.409 e. The predicted molar refractivity (Wildman–Crippen MR) is 143 cm³/mol. The normalized spacial score (nSPS) is 45.6. The molecule has 4 N–H and O–H groups in total. The molecule has 0 heterocycles. The summed E-state index contributed by atoms with van der Waals surface area (Å²) in [5, 5.41) is 27.4. The van der Waals surface area contributed by atoms with Gasteiger partial charge in [-0.3, -0.25) is 4.79 Å². The maximum absolute atomic E-state index is 17.4. The summed E-state index contributed by atoms with van der Waals surface area (Å²) in [4.78, 5) is 13.7. The van der Waals surface area contributed by atoms with Crippen LogP contribution in [0.1, 0.15) is 67.2 Å². The molecule has 0 aromatic heterocycles. The number of nitrogens with zero attached hydrogens (tertiary/aromatic N) is 1. The van der Waals surface area contributed by atoms with Crippen LogP contribution >= 0.6 is 0 Å². The topological polar surface area (TPSA) is 105 Å². The van der Waals surface area contributed by atoms with Gasteiger partial charge in [-0.15, -0.1) is 0 Å². The van der Waals surface area contributed by atoms with Crippen LogP contribution in [0.15, 0.2) is 28.9 Å². The molecule has 0 unspecified atom stereocenters.